The van der Waals surface area contributed by atoms with Crippen molar-refractivity contribution >= 4 is 11.8 Å². The summed E-state index contributed by atoms with van der Waals surface area (Å²) in [6.45, 7) is 6.47. The van der Waals surface area contributed by atoms with Crippen molar-refractivity contribution < 1.29 is 0 Å². The Morgan fingerprint density at radius 3 is 2.69 bits per heavy atom. The highest BCUT2D eigenvalue weighted by Crippen LogP contribution is 2.22. The third-order valence-electron chi connectivity index (χ3n) is 2.62. The first kappa shape index (κ1) is 13.6. The molecule has 0 aliphatic rings. The maximum absolute atomic E-state index is 5.82. The van der Waals surface area contributed by atoms with Gasteiger partial charge in [0.25, 0.3) is 0 Å². The molecule has 2 heteroatoms. The van der Waals surface area contributed by atoms with Crippen LogP contribution in [0.4, 0.5) is 0 Å². The highest BCUT2D eigenvalue weighted by molar-refractivity contribution is 7.99. The Hall–Kier alpha value is -0.470. The maximum atomic E-state index is 5.82. The molecule has 0 radical (unpaired) electrons. The molecule has 2 N–H and O–H groups in total. The highest BCUT2D eigenvalue weighted by Gasteiger charge is 2.03. The summed E-state index contributed by atoms with van der Waals surface area (Å²) in [6.07, 6.45) is 3.55. The minimum atomic E-state index is 0.247. The monoisotopic (exact) mass is 237 g/mol. The van der Waals surface area contributed by atoms with Gasteiger partial charge in [-0.25, -0.2) is 0 Å². The number of unbranched alkanes of at least 4 members (excludes halogenated alkanes) is 1. The first-order valence-corrected chi connectivity index (χ1v) is 7.10. The molecule has 16 heavy (non-hydrogen) atoms. The number of aryl methyl sites for hydroxylation is 1. The van der Waals surface area contributed by atoms with E-state index >= 15 is 0 Å². The molecule has 0 fully saturated rings. The number of nitrogens with two attached hydrogens (primary N) is 1. The Bertz CT molecular complexity index is 321. The summed E-state index contributed by atoms with van der Waals surface area (Å²) in [5.41, 5.74) is 8.58. The molecular formula is C14H23NS. The zero-order valence-corrected chi connectivity index (χ0v) is 11.4. The van der Waals surface area contributed by atoms with Crippen molar-refractivity contribution in [3.8, 4) is 0 Å². The Morgan fingerprint density at radius 2 is 2.12 bits per heavy atom. The SMILES string of the molecule is CCCCSc1ccc(CC(C)N)c(C)c1. The first-order valence-electron chi connectivity index (χ1n) is 6.11. The van der Waals surface area contributed by atoms with Crippen LogP contribution in [-0.2, 0) is 6.42 Å². The molecule has 1 aromatic rings. The third kappa shape index (κ3) is 4.58. The summed E-state index contributed by atoms with van der Waals surface area (Å²) < 4.78 is 0. The van der Waals surface area contributed by atoms with Gasteiger partial charge in [0.15, 0.2) is 0 Å². The lowest BCUT2D eigenvalue weighted by atomic mass is 10.0. The van der Waals surface area contributed by atoms with Crippen LogP contribution in [0.1, 0.15) is 37.8 Å². The fourth-order valence-corrected chi connectivity index (χ4v) is 2.76. The van der Waals surface area contributed by atoms with Crippen LogP contribution < -0.4 is 5.73 Å². The van der Waals surface area contributed by atoms with Gasteiger partial charge in [-0.15, -0.1) is 11.8 Å². The highest BCUT2D eigenvalue weighted by atomic mass is 32.2. The second kappa shape index (κ2) is 6.97. The summed E-state index contributed by atoms with van der Waals surface area (Å²) >= 11 is 1.96. The summed E-state index contributed by atoms with van der Waals surface area (Å²) in [5.74, 6) is 1.22. The summed E-state index contributed by atoms with van der Waals surface area (Å²) in [7, 11) is 0. The van der Waals surface area contributed by atoms with Gasteiger partial charge in [-0.3, -0.25) is 0 Å². The minimum absolute atomic E-state index is 0.247. The number of rotatable bonds is 6. The molecule has 0 aromatic heterocycles. The van der Waals surface area contributed by atoms with Gasteiger partial charge in [-0.1, -0.05) is 19.4 Å². The second-order valence-electron chi connectivity index (χ2n) is 4.47. The Kier molecular flexibility index (Phi) is 5.93. The number of thioether (sulfide) groups is 1. The van der Waals surface area contributed by atoms with Crippen LogP contribution in [0, 0.1) is 6.92 Å². The van der Waals surface area contributed by atoms with Gasteiger partial charge < -0.3 is 5.73 Å². The van der Waals surface area contributed by atoms with Gasteiger partial charge in [0.05, 0.1) is 0 Å². The average molecular weight is 237 g/mol. The average Bonchev–Trinajstić information content (AvgIpc) is 2.22. The molecule has 1 aromatic carbocycles. The number of benzene rings is 1. The lowest BCUT2D eigenvalue weighted by molar-refractivity contribution is 0.734. The smallest absolute Gasteiger partial charge is 0.00747 e. The quantitative estimate of drug-likeness (QED) is 0.602. The van der Waals surface area contributed by atoms with Crippen molar-refractivity contribution in [1.29, 1.82) is 0 Å². The van der Waals surface area contributed by atoms with Crippen molar-refractivity contribution in [2.75, 3.05) is 5.75 Å². The van der Waals surface area contributed by atoms with E-state index in [1.165, 1.54) is 34.6 Å². The van der Waals surface area contributed by atoms with E-state index in [9.17, 15) is 0 Å². The Balaban J connectivity index is 2.60. The van der Waals surface area contributed by atoms with Crippen LogP contribution in [0.3, 0.4) is 0 Å². The topological polar surface area (TPSA) is 26.0 Å². The Morgan fingerprint density at radius 1 is 1.38 bits per heavy atom. The molecule has 1 nitrogen and oxygen atoms in total. The zero-order chi connectivity index (χ0) is 12.0. The van der Waals surface area contributed by atoms with Crippen molar-refractivity contribution in [2.24, 2.45) is 5.73 Å². The maximum Gasteiger partial charge on any atom is 0.00747 e. The normalized spacial score (nSPS) is 12.8. The van der Waals surface area contributed by atoms with Gasteiger partial charge in [0.2, 0.25) is 0 Å². The molecule has 0 saturated carbocycles. The summed E-state index contributed by atoms with van der Waals surface area (Å²) in [6, 6.07) is 6.99. The van der Waals surface area contributed by atoms with Gasteiger partial charge in [0, 0.05) is 10.9 Å². The number of hydrogen-bond donors (Lipinski definition) is 1. The van der Waals surface area contributed by atoms with E-state index in [1.54, 1.807) is 0 Å². The molecule has 0 saturated heterocycles. The molecule has 0 aliphatic carbocycles. The van der Waals surface area contributed by atoms with E-state index in [2.05, 4.69) is 39.0 Å². The lowest BCUT2D eigenvalue weighted by Gasteiger charge is -2.10. The summed E-state index contributed by atoms with van der Waals surface area (Å²) in [4.78, 5) is 1.39. The third-order valence-corrected chi connectivity index (χ3v) is 3.70. The molecule has 1 unspecified atom stereocenters. The van der Waals surface area contributed by atoms with Crippen molar-refractivity contribution in [1.82, 2.24) is 0 Å². The van der Waals surface area contributed by atoms with E-state index in [-0.39, 0.29) is 6.04 Å². The van der Waals surface area contributed by atoms with Crippen LogP contribution in [0.5, 0.6) is 0 Å². The minimum Gasteiger partial charge on any atom is -0.328 e. The fourth-order valence-electron chi connectivity index (χ4n) is 1.67. The van der Waals surface area contributed by atoms with Crippen LogP contribution >= 0.6 is 11.8 Å². The van der Waals surface area contributed by atoms with E-state index in [4.69, 9.17) is 5.73 Å². The molecular weight excluding hydrogens is 214 g/mol. The molecule has 1 atom stereocenters. The van der Waals surface area contributed by atoms with Gasteiger partial charge in [-0.2, -0.15) is 0 Å². The molecule has 0 aliphatic heterocycles. The predicted molar refractivity (Wildman–Crippen MR) is 74.2 cm³/mol. The molecule has 0 heterocycles. The standard InChI is InChI=1S/C14H23NS/c1-4-5-8-16-14-7-6-13(10-12(3)15)11(2)9-14/h6-7,9,12H,4-5,8,10,15H2,1-3H3. The zero-order valence-electron chi connectivity index (χ0n) is 10.6. The van der Waals surface area contributed by atoms with Crippen molar-refractivity contribution in [3.63, 3.8) is 0 Å². The second-order valence-corrected chi connectivity index (χ2v) is 5.64. The van der Waals surface area contributed by atoms with Crippen LogP contribution in [0.2, 0.25) is 0 Å². The largest absolute Gasteiger partial charge is 0.328 e. The van der Waals surface area contributed by atoms with E-state index in [0.717, 1.165) is 6.42 Å². The van der Waals surface area contributed by atoms with Crippen LogP contribution in [0.25, 0.3) is 0 Å². The van der Waals surface area contributed by atoms with Crippen molar-refractivity contribution in [3.05, 3.63) is 29.3 Å². The van der Waals surface area contributed by atoms with E-state index < -0.39 is 0 Å². The van der Waals surface area contributed by atoms with Gasteiger partial charge >= 0.3 is 0 Å². The lowest BCUT2D eigenvalue weighted by Crippen LogP contribution is -2.18. The molecule has 0 spiro atoms. The molecule has 0 bridgehead atoms. The Labute approximate surface area is 104 Å². The number of hydrogen-bond acceptors (Lipinski definition) is 2. The van der Waals surface area contributed by atoms with E-state index in [1.807, 2.05) is 11.8 Å². The van der Waals surface area contributed by atoms with Crippen LogP contribution in [0.15, 0.2) is 23.1 Å². The molecule has 90 valence electrons. The summed E-state index contributed by atoms with van der Waals surface area (Å²) in [5, 5.41) is 0. The van der Waals surface area contributed by atoms with E-state index in [0.29, 0.717) is 0 Å². The molecule has 0 amide bonds. The van der Waals surface area contributed by atoms with Gasteiger partial charge in [-0.05, 0) is 55.7 Å². The molecule has 1 rings (SSSR count). The first-order chi connectivity index (χ1) is 7.63. The van der Waals surface area contributed by atoms with Gasteiger partial charge in [0.1, 0.15) is 0 Å². The fraction of sp³-hybridized carbons (Fsp3) is 0.571. The van der Waals surface area contributed by atoms with Crippen LogP contribution in [-0.4, -0.2) is 11.8 Å². The van der Waals surface area contributed by atoms with Crippen molar-refractivity contribution in [2.45, 2.75) is 51.0 Å². The predicted octanol–water partition coefficient (Wildman–Crippen LogP) is 3.78.